The van der Waals surface area contributed by atoms with Gasteiger partial charge in [0.1, 0.15) is 17.2 Å². The van der Waals surface area contributed by atoms with Crippen LogP contribution in [0.4, 0.5) is 5.69 Å². The van der Waals surface area contributed by atoms with Gasteiger partial charge in [-0.25, -0.2) is 4.99 Å². The average Bonchev–Trinajstić information content (AvgIpc) is 2.53. The van der Waals surface area contributed by atoms with E-state index >= 15 is 0 Å². The van der Waals surface area contributed by atoms with Crippen LogP contribution in [0.25, 0.3) is 11.1 Å². The molecule has 2 rings (SSSR count). The molecule has 2 aromatic rings. The summed E-state index contributed by atoms with van der Waals surface area (Å²) in [6, 6.07) is 14.5. The predicted octanol–water partition coefficient (Wildman–Crippen LogP) is 4.11. The van der Waals surface area contributed by atoms with Gasteiger partial charge in [-0.2, -0.15) is 4.99 Å². The molecule has 0 aliphatic heterocycles. The standard InChI is InChI=1S/C17H18N2O2/c1-12-5-6-13(9-16(12)20-3)14-7-8-15(19-11-18-2)17(10-14)21-4/h5-10H,1-4H3. The van der Waals surface area contributed by atoms with Crippen molar-refractivity contribution in [2.45, 2.75) is 6.92 Å². The molecule has 0 heterocycles. The second kappa shape index (κ2) is 6.73. The van der Waals surface area contributed by atoms with Gasteiger partial charge < -0.3 is 9.47 Å². The molecule has 0 atom stereocenters. The Bertz CT molecular complexity index is 702. The minimum atomic E-state index is 0.684. The van der Waals surface area contributed by atoms with E-state index in [2.05, 4.69) is 22.1 Å². The van der Waals surface area contributed by atoms with Crippen LogP contribution in [0.5, 0.6) is 11.5 Å². The van der Waals surface area contributed by atoms with Gasteiger partial charge in [0.25, 0.3) is 0 Å². The van der Waals surface area contributed by atoms with E-state index in [1.807, 2.05) is 37.3 Å². The first-order valence-corrected chi connectivity index (χ1v) is 6.57. The number of aliphatic imine (C=N–C) groups is 2. The Hall–Kier alpha value is -2.58. The third kappa shape index (κ3) is 3.30. The maximum Gasteiger partial charge on any atom is 0.145 e. The van der Waals surface area contributed by atoms with E-state index in [4.69, 9.17) is 9.47 Å². The Morgan fingerprint density at radius 3 is 2.14 bits per heavy atom. The Balaban J connectivity index is 2.48. The maximum atomic E-state index is 5.38. The number of methoxy groups -OCH3 is 2. The summed E-state index contributed by atoms with van der Waals surface area (Å²) < 4.78 is 10.7. The highest BCUT2D eigenvalue weighted by Crippen LogP contribution is 2.34. The topological polar surface area (TPSA) is 43.2 Å². The molecule has 0 aliphatic rings. The van der Waals surface area contributed by atoms with E-state index in [9.17, 15) is 0 Å². The lowest BCUT2D eigenvalue weighted by atomic mass is 10.0. The lowest BCUT2D eigenvalue weighted by Gasteiger charge is -2.10. The summed E-state index contributed by atoms with van der Waals surface area (Å²) in [4.78, 5) is 7.84. The van der Waals surface area contributed by atoms with Crippen molar-refractivity contribution in [2.24, 2.45) is 9.98 Å². The van der Waals surface area contributed by atoms with Gasteiger partial charge in [-0.15, -0.1) is 0 Å². The van der Waals surface area contributed by atoms with Crippen molar-refractivity contribution >= 4 is 11.7 Å². The third-order valence-electron chi connectivity index (χ3n) is 3.19. The zero-order chi connectivity index (χ0) is 15.2. The highest BCUT2D eigenvalue weighted by molar-refractivity contribution is 5.72. The van der Waals surface area contributed by atoms with Gasteiger partial charge in [0.05, 0.1) is 20.2 Å². The minimum Gasteiger partial charge on any atom is -0.496 e. The highest BCUT2D eigenvalue weighted by Gasteiger charge is 2.07. The molecule has 0 N–H and O–H groups in total. The minimum absolute atomic E-state index is 0.684. The van der Waals surface area contributed by atoms with Crippen LogP contribution < -0.4 is 9.47 Å². The van der Waals surface area contributed by atoms with Gasteiger partial charge in [0.2, 0.25) is 0 Å². The molecule has 4 nitrogen and oxygen atoms in total. The number of rotatable bonds is 4. The first-order valence-electron chi connectivity index (χ1n) is 6.57. The number of ether oxygens (including phenoxy) is 2. The van der Waals surface area contributed by atoms with Gasteiger partial charge in [-0.05, 0) is 41.8 Å². The van der Waals surface area contributed by atoms with Crippen LogP contribution in [-0.2, 0) is 0 Å². The molecule has 4 heteroatoms. The van der Waals surface area contributed by atoms with Crippen molar-refractivity contribution in [1.29, 1.82) is 0 Å². The Morgan fingerprint density at radius 1 is 0.905 bits per heavy atom. The average molecular weight is 282 g/mol. The number of hydrogen-bond acceptors (Lipinski definition) is 4. The smallest absolute Gasteiger partial charge is 0.145 e. The Labute approximate surface area is 124 Å². The quantitative estimate of drug-likeness (QED) is 0.792. The number of aryl methyl sites for hydroxylation is 1. The second-order valence-corrected chi connectivity index (χ2v) is 4.51. The summed E-state index contributed by atoms with van der Waals surface area (Å²) in [6.45, 7) is 2.02. The number of hydrogen-bond donors (Lipinski definition) is 0. The summed E-state index contributed by atoms with van der Waals surface area (Å²) in [6.07, 6.45) is 0. The Kier molecular flexibility index (Phi) is 4.75. The molecule has 2 aromatic carbocycles. The summed E-state index contributed by atoms with van der Waals surface area (Å²) in [5.74, 6) is 1.55. The number of nitrogens with zero attached hydrogens (tertiary/aromatic N) is 2. The number of benzene rings is 2. The fourth-order valence-corrected chi connectivity index (χ4v) is 2.05. The normalized spacial score (nSPS) is 9.71. The fraction of sp³-hybridized carbons (Fsp3) is 0.235. The van der Waals surface area contributed by atoms with Crippen LogP contribution >= 0.6 is 0 Å². The van der Waals surface area contributed by atoms with Gasteiger partial charge in [0, 0.05) is 7.05 Å². The highest BCUT2D eigenvalue weighted by atomic mass is 16.5. The molecule has 0 spiro atoms. The Morgan fingerprint density at radius 2 is 1.52 bits per heavy atom. The van der Waals surface area contributed by atoms with Crippen LogP contribution in [0.2, 0.25) is 0 Å². The molecule has 0 bridgehead atoms. The molecule has 0 amide bonds. The van der Waals surface area contributed by atoms with Gasteiger partial charge in [0.15, 0.2) is 0 Å². The first kappa shape index (κ1) is 14.8. The maximum absolute atomic E-state index is 5.38. The van der Waals surface area contributed by atoms with Crippen molar-refractivity contribution in [3.05, 3.63) is 42.0 Å². The molecular weight excluding hydrogens is 264 g/mol. The van der Waals surface area contributed by atoms with E-state index in [0.717, 1.165) is 22.4 Å². The zero-order valence-electron chi connectivity index (χ0n) is 12.7. The molecular formula is C17H18N2O2. The van der Waals surface area contributed by atoms with Crippen LogP contribution in [0.15, 0.2) is 46.4 Å². The molecule has 21 heavy (non-hydrogen) atoms. The van der Waals surface area contributed by atoms with Crippen LogP contribution in [-0.4, -0.2) is 27.3 Å². The van der Waals surface area contributed by atoms with Gasteiger partial charge >= 0.3 is 0 Å². The van der Waals surface area contributed by atoms with Crippen molar-refractivity contribution in [3.63, 3.8) is 0 Å². The second-order valence-electron chi connectivity index (χ2n) is 4.51. The van der Waals surface area contributed by atoms with Gasteiger partial charge in [-0.3, -0.25) is 0 Å². The van der Waals surface area contributed by atoms with Crippen LogP contribution in [0, 0.1) is 6.92 Å². The lowest BCUT2D eigenvalue weighted by Crippen LogP contribution is -1.89. The molecule has 108 valence electrons. The van der Waals surface area contributed by atoms with Crippen molar-refractivity contribution in [3.8, 4) is 22.6 Å². The van der Waals surface area contributed by atoms with Crippen molar-refractivity contribution in [2.75, 3.05) is 21.3 Å². The molecule has 0 saturated heterocycles. The molecule has 0 saturated carbocycles. The zero-order valence-corrected chi connectivity index (χ0v) is 12.7. The summed E-state index contributed by atoms with van der Waals surface area (Å²) >= 11 is 0. The fourth-order valence-electron chi connectivity index (χ4n) is 2.05. The van der Waals surface area contributed by atoms with Crippen LogP contribution in [0.3, 0.4) is 0 Å². The van der Waals surface area contributed by atoms with E-state index in [0.29, 0.717) is 11.4 Å². The summed E-state index contributed by atoms with van der Waals surface area (Å²) in [5, 5.41) is 0. The molecule has 0 radical (unpaired) electrons. The lowest BCUT2D eigenvalue weighted by molar-refractivity contribution is 0.412. The monoisotopic (exact) mass is 282 g/mol. The van der Waals surface area contributed by atoms with Crippen molar-refractivity contribution < 1.29 is 9.47 Å². The summed E-state index contributed by atoms with van der Waals surface area (Å²) in [5.41, 5.74) is 3.91. The van der Waals surface area contributed by atoms with E-state index < -0.39 is 0 Å². The van der Waals surface area contributed by atoms with E-state index in [-0.39, 0.29) is 0 Å². The largest absolute Gasteiger partial charge is 0.496 e. The third-order valence-corrected chi connectivity index (χ3v) is 3.19. The van der Waals surface area contributed by atoms with E-state index in [1.165, 1.54) is 0 Å². The SMILES string of the molecule is CN=C=Nc1ccc(-c2ccc(C)c(OC)c2)cc1OC. The molecule has 0 fully saturated rings. The molecule has 0 aromatic heterocycles. The molecule has 0 aliphatic carbocycles. The van der Waals surface area contributed by atoms with Gasteiger partial charge in [-0.1, -0.05) is 18.2 Å². The predicted molar refractivity (Wildman–Crippen MR) is 85.2 cm³/mol. The first-order chi connectivity index (χ1) is 10.2. The van der Waals surface area contributed by atoms with Crippen LogP contribution in [0.1, 0.15) is 5.56 Å². The van der Waals surface area contributed by atoms with E-state index in [1.54, 1.807) is 21.3 Å². The molecule has 0 unspecified atom stereocenters. The van der Waals surface area contributed by atoms with Crippen molar-refractivity contribution in [1.82, 2.24) is 0 Å². The summed E-state index contributed by atoms with van der Waals surface area (Å²) in [7, 11) is 4.93.